The van der Waals surface area contributed by atoms with E-state index in [4.69, 9.17) is 0 Å². The van der Waals surface area contributed by atoms with Gasteiger partial charge >= 0.3 is 0 Å². The fraction of sp³-hybridized carbons (Fsp3) is 0.182. The smallest absolute Gasteiger partial charge is 0.255 e. The zero-order valence-corrected chi connectivity index (χ0v) is 18.0. The summed E-state index contributed by atoms with van der Waals surface area (Å²) in [5, 5.41) is 3.61. The Bertz CT molecular complexity index is 1180. The SMILES string of the molecule is CSc1ccc(NC(=O)c2cccc(S(=O)(=O)N3CCc4ccccc4C3)c2)cn1. The van der Waals surface area contributed by atoms with Crippen LogP contribution in [-0.4, -0.2) is 36.4 Å². The topological polar surface area (TPSA) is 79.4 Å². The van der Waals surface area contributed by atoms with E-state index in [9.17, 15) is 13.2 Å². The number of nitrogens with one attached hydrogen (secondary N) is 1. The Morgan fingerprint density at radius 3 is 2.60 bits per heavy atom. The Morgan fingerprint density at radius 2 is 1.87 bits per heavy atom. The van der Waals surface area contributed by atoms with Crippen LogP contribution in [0.25, 0.3) is 0 Å². The van der Waals surface area contributed by atoms with Crippen molar-refractivity contribution in [2.75, 3.05) is 18.1 Å². The number of carbonyl (C=O) groups excluding carboxylic acids is 1. The molecule has 8 heteroatoms. The van der Waals surface area contributed by atoms with Crippen molar-refractivity contribution in [2.45, 2.75) is 22.9 Å². The standard InChI is InChI=1S/C22H21N3O3S2/c1-29-21-10-9-19(14-23-21)24-22(26)17-7-4-8-20(13-17)30(27,28)25-12-11-16-5-2-3-6-18(16)15-25/h2-10,13-14H,11-12,15H2,1H3,(H,24,26). The summed E-state index contributed by atoms with van der Waals surface area (Å²) in [6.07, 6.45) is 4.18. The van der Waals surface area contributed by atoms with E-state index >= 15 is 0 Å². The molecule has 0 radical (unpaired) electrons. The van der Waals surface area contributed by atoms with Crippen LogP contribution in [0.3, 0.4) is 0 Å². The van der Waals surface area contributed by atoms with Gasteiger partial charge < -0.3 is 5.32 Å². The summed E-state index contributed by atoms with van der Waals surface area (Å²) in [4.78, 5) is 17.0. The van der Waals surface area contributed by atoms with E-state index in [2.05, 4.69) is 10.3 Å². The van der Waals surface area contributed by atoms with Crippen molar-refractivity contribution in [2.24, 2.45) is 0 Å². The van der Waals surface area contributed by atoms with Gasteiger partial charge in [0.1, 0.15) is 0 Å². The molecule has 30 heavy (non-hydrogen) atoms. The van der Waals surface area contributed by atoms with Gasteiger partial charge in [0.05, 0.1) is 21.8 Å². The monoisotopic (exact) mass is 439 g/mol. The zero-order valence-electron chi connectivity index (χ0n) is 16.4. The fourth-order valence-corrected chi connectivity index (χ4v) is 5.23. The number of amides is 1. The fourth-order valence-electron chi connectivity index (χ4n) is 3.40. The number of thioether (sulfide) groups is 1. The summed E-state index contributed by atoms with van der Waals surface area (Å²) in [7, 11) is -3.70. The molecule has 2 aromatic carbocycles. The number of anilines is 1. The lowest BCUT2D eigenvalue weighted by Crippen LogP contribution is -2.36. The third-order valence-electron chi connectivity index (χ3n) is 5.03. The molecule has 0 aliphatic carbocycles. The highest BCUT2D eigenvalue weighted by Crippen LogP contribution is 2.25. The number of hydrogen-bond donors (Lipinski definition) is 1. The van der Waals surface area contributed by atoms with Gasteiger partial charge in [-0.1, -0.05) is 30.3 Å². The molecule has 0 saturated heterocycles. The molecule has 0 atom stereocenters. The van der Waals surface area contributed by atoms with Crippen LogP contribution in [0.4, 0.5) is 5.69 Å². The van der Waals surface area contributed by atoms with Crippen molar-refractivity contribution in [3.8, 4) is 0 Å². The molecule has 0 unspecified atom stereocenters. The van der Waals surface area contributed by atoms with Crippen LogP contribution in [0.1, 0.15) is 21.5 Å². The normalized spacial score (nSPS) is 14.2. The molecule has 0 spiro atoms. The molecule has 6 nitrogen and oxygen atoms in total. The third kappa shape index (κ3) is 4.26. The maximum absolute atomic E-state index is 13.2. The van der Waals surface area contributed by atoms with Gasteiger partial charge in [0.15, 0.2) is 0 Å². The Morgan fingerprint density at radius 1 is 1.07 bits per heavy atom. The van der Waals surface area contributed by atoms with Gasteiger partial charge in [-0.25, -0.2) is 13.4 Å². The second-order valence-electron chi connectivity index (χ2n) is 6.93. The number of rotatable bonds is 5. The summed E-state index contributed by atoms with van der Waals surface area (Å²) >= 11 is 1.51. The van der Waals surface area contributed by atoms with Gasteiger partial charge in [-0.05, 0) is 54.1 Å². The molecule has 0 saturated carbocycles. The van der Waals surface area contributed by atoms with Crippen LogP contribution in [0.5, 0.6) is 0 Å². The van der Waals surface area contributed by atoms with Crippen molar-refractivity contribution >= 4 is 33.4 Å². The van der Waals surface area contributed by atoms with Crippen LogP contribution < -0.4 is 5.32 Å². The van der Waals surface area contributed by atoms with E-state index in [0.717, 1.165) is 10.6 Å². The summed E-state index contributed by atoms with van der Waals surface area (Å²) < 4.78 is 27.8. The molecular formula is C22H21N3O3S2. The number of carbonyl (C=O) groups is 1. The highest BCUT2D eigenvalue weighted by molar-refractivity contribution is 7.98. The van der Waals surface area contributed by atoms with Gasteiger partial charge in [-0.15, -0.1) is 11.8 Å². The Labute approximate surface area is 180 Å². The predicted molar refractivity (Wildman–Crippen MR) is 118 cm³/mol. The van der Waals surface area contributed by atoms with Gasteiger partial charge in [0, 0.05) is 18.7 Å². The Kier molecular flexibility index (Phi) is 5.90. The minimum Gasteiger partial charge on any atom is -0.321 e. The van der Waals surface area contributed by atoms with Gasteiger partial charge in [0.2, 0.25) is 10.0 Å². The van der Waals surface area contributed by atoms with Crippen molar-refractivity contribution in [3.05, 3.63) is 83.6 Å². The second kappa shape index (κ2) is 8.59. The van der Waals surface area contributed by atoms with E-state index in [1.165, 1.54) is 33.8 Å². The number of aromatic nitrogens is 1. The number of fused-ring (bicyclic) bond motifs is 1. The van der Waals surface area contributed by atoms with Crippen molar-refractivity contribution in [3.63, 3.8) is 0 Å². The summed E-state index contributed by atoms with van der Waals surface area (Å²) in [5.41, 5.74) is 3.03. The molecule has 1 aromatic heterocycles. The van der Waals surface area contributed by atoms with Gasteiger partial charge in [0.25, 0.3) is 5.91 Å². The molecule has 1 amide bonds. The van der Waals surface area contributed by atoms with E-state index in [1.807, 2.05) is 36.6 Å². The van der Waals surface area contributed by atoms with E-state index < -0.39 is 10.0 Å². The van der Waals surface area contributed by atoms with Crippen LogP contribution in [0.15, 0.2) is 76.8 Å². The maximum Gasteiger partial charge on any atom is 0.255 e. The van der Waals surface area contributed by atoms with Crippen LogP contribution in [-0.2, 0) is 23.0 Å². The highest BCUT2D eigenvalue weighted by atomic mass is 32.2. The first-order valence-corrected chi connectivity index (χ1v) is 12.1. The van der Waals surface area contributed by atoms with Crippen molar-refractivity contribution < 1.29 is 13.2 Å². The first-order chi connectivity index (χ1) is 14.5. The summed E-state index contributed by atoms with van der Waals surface area (Å²) in [6, 6.07) is 17.6. The van der Waals surface area contributed by atoms with Gasteiger partial charge in [-0.2, -0.15) is 4.31 Å². The second-order valence-corrected chi connectivity index (χ2v) is 9.69. The first kappa shape index (κ1) is 20.6. The summed E-state index contributed by atoms with van der Waals surface area (Å²) in [6.45, 7) is 0.756. The van der Waals surface area contributed by atoms with Crippen LogP contribution >= 0.6 is 11.8 Å². The molecule has 4 rings (SSSR count). The van der Waals surface area contributed by atoms with E-state index in [0.29, 0.717) is 25.2 Å². The Hall–Kier alpha value is -2.68. The minimum atomic E-state index is -3.70. The van der Waals surface area contributed by atoms with Crippen LogP contribution in [0.2, 0.25) is 0 Å². The van der Waals surface area contributed by atoms with Crippen molar-refractivity contribution in [1.82, 2.24) is 9.29 Å². The van der Waals surface area contributed by atoms with Gasteiger partial charge in [-0.3, -0.25) is 4.79 Å². The molecule has 154 valence electrons. The number of sulfonamides is 1. The molecule has 1 aliphatic heterocycles. The minimum absolute atomic E-state index is 0.116. The van der Waals surface area contributed by atoms with E-state index in [-0.39, 0.29) is 16.4 Å². The number of pyridine rings is 1. The average molecular weight is 440 g/mol. The molecule has 1 aliphatic rings. The highest BCUT2D eigenvalue weighted by Gasteiger charge is 2.28. The molecular weight excluding hydrogens is 418 g/mol. The average Bonchev–Trinajstić information content (AvgIpc) is 2.79. The molecule has 0 bridgehead atoms. The van der Waals surface area contributed by atoms with Crippen molar-refractivity contribution in [1.29, 1.82) is 0 Å². The molecule has 1 N–H and O–H groups in total. The molecule has 2 heterocycles. The van der Waals surface area contributed by atoms with Crippen LogP contribution in [0, 0.1) is 0 Å². The number of benzene rings is 2. The zero-order chi connectivity index (χ0) is 21.1. The summed E-state index contributed by atoms with van der Waals surface area (Å²) in [5.74, 6) is -0.380. The lowest BCUT2D eigenvalue weighted by molar-refractivity contribution is 0.102. The predicted octanol–water partition coefficient (Wildman–Crippen LogP) is 3.80. The lowest BCUT2D eigenvalue weighted by Gasteiger charge is -2.28. The number of nitrogens with zero attached hydrogens (tertiary/aromatic N) is 2. The largest absolute Gasteiger partial charge is 0.321 e. The first-order valence-electron chi connectivity index (χ1n) is 9.46. The van der Waals surface area contributed by atoms with E-state index in [1.54, 1.807) is 24.4 Å². The molecule has 0 fully saturated rings. The molecule has 3 aromatic rings. The third-order valence-corrected chi connectivity index (χ3v) is 7.53. The number of hydrogen-bond acceptors (Lipinski definition) is 5. The maximum atomic E-state index is 13.2. The Balaban J connectivity index is 1.54. The lowest BCUT2D eigenvalue weighted by atomic mass is 10.0. The quantitative estimate of drug-likeness (QED) is 0.612.